The fourth-order valence-electron chi connectivity index (χ4n) is 4.52. The molecule has 0 saturated carbocycles. The first-order valence-electron chi connectivity index (χ1n) is 11.6. The smallest absolute Gasteiger partial charge is 0.329 e. The van der Waals surface area contributed by atoms with Gasteiger partial charge in [0, 0.05) is 5.56 Å². The number of ether oxygens (including phenoxy) is 3. The van der Waals surface area contributed by atoms with E-state index in [0.717, 1.165) is 4.90 Å². The molecule has 10 nitrogen and oxygen atoms in total. The lowest BCUT2D eigenvalue weighted by Gasteiger charge is -2.26. The average Bonchev–Trinajstić information content (AvgIpc) is 3.43. The fraction of sp³-hybridized carbons (Fsp3) is 0.480. The third-order valence-corrected chi connectivity index (χ3v) is 6.27. The van der Waals surface area contributed by atoms with Gasteiger partial charge in [-0.2, -0.15) is 4.98 Å². The quantitative estimate of drug-likeness (QED) is 0.301. The second kappa shape index (κ2) is 10.3. The Morgan fingerprint density at radius 1 is 1.09 bits per heavy atom. The minimum Gasteiger partial charge on any atom is -0.493 e. The van der Waals surface area contributed by atoms with Crippen molar-refractivity contribution in [3.8, 4) is 22.9 Å². The molecule has 1 aliphatic heterocycles. The molecule has 2 heterocycles. The number of hydrogen-bond donors (Lipinski definition) is 0. The molecular weight excluding hydrogens is 454 g/mol. The number of esters is 1. The summed E-state index contributed by atoms with van der Waals surface area (Å²) in [5.41, 5.74) is 0.631. The highest BCUT2D eigenvalue weighted by Gasteiger charge is 2.51. The summed E-state index contributed by atoms with van der Waals surface area (Å²) in [5, 5.41) is 3.94. The summed E-state index contributed by atoms with van der Waals surface area (Å²) in [6.07, 6.45) is 5.16. The molecule has 186 valence electrons. The Morgan fingerprint density at radius 2 is 1.74 bits per heavy atom. The first-order chi connectivity index (χ1) is 16.8. The van der Waals surface area contributed by atoms with Gasteiger partial charge in [-0.1, -0.05) is 31.2 Å². The molecular formula is C25H29N3O7. The molecule has 1 saturated heterocycles. The molecule has 2 amide bonds. The third kappa shape index (κ3) is 4.91. The summed E-state index contributed by atoms with van der Waals surface area (Å²) in [7, 11) is 3.07. The van der Waals surface area contributed by atoms with Crippen molar-refractivity contribution in [3.63, 3.8) is 0 Å². The Kier molecular flexibility index (Phi) is 7.18. The number of methoxy groups -OCH3 is 2. The van der Waals surface area contributed by atoms with Gasteiger partial charge in [0.05, 0.1) is 26.1 Å². The van der Waals surface area contributed by atoms with Crippen molar-refractivity contribution in [1.82, 2.24) is 15.0 Å². The Hall–Kier alpha value is -3.69. The molecule has 1 aromatic carbocycles. The van der Waals surface area contributed by atoms with Crippen molar-refractivity contribution in [2.24, 2.45) is 17.8 Å². The molecule has 0 radical (unpaired) electrons. The summed E-state index contributed by atoms with van der Waals surface area (Å²) < 4.78 is 21.2. The molecule has 1 aromatic heterocycles. The number of likely N-dealkylation sites (tertiary alicyclic amines) is 1. The fourth-order valence-corrected chi connectivity index (χ4v) is 4.52. The van der Waals surface area contributed by atoms with Gasteiger partial charge in [0.15, 0.2) is 18.1 Å². The van der Waals surface area contributed by atoms with Crippen LogP contribution in [-0.4, -0.2) is 53.1 Å². The van der Waals surface area contributed by atoms with Crippen LogP contribution in [0.15, 0.2) is 34.9 Å². The second-order valence-electron chi connectivity index (χ2n) is 9.04. The van der Waals surface area contributed by atoms with Crippen LogP contribution in [0.1, 0.15) is 39.0 Å². The molecule has 1 aliphatic carbocycles. The maximum Gasteiger partial charge on any atom is 0.329 e. The van der Waals surface area contributed by atoms with E-state index in [-0.39, 0.29) is 36.1 Å². The number of imide groups is 1. The van der Waals surface area contributed by atoms with Crippen LogP contribution in [0.5, 0.6) is 11.5 Å². The van der Waals surface area contributed by atoms with Crippen molar-refractivity contribution in [3.05, 3.63) is 36.2 Å². The third-order valence-electron chi connectivity index (χ3n) is 6.27. The van der Waals surface area contributed by atoms with E-state index < -0.39 is 23.8 Å². The highest BCUT2D eigenvalue weighted by Crippen LogP contribution is 2.37. The summed E-state index contributed by atoms with van der Waals surface area (Å²) in [6.45, 7) is 3.57. The number of hydrogen-bond acceptors (Lipinski definition) is 9. The zero-order valence-corrected chi connectivity index (χ0v) is 20.2. The van der Waals surface area contributed by atoms with E-state index in [0.29, 0.717) is 36.3 Å². The van der Waals surface area contributed by atoms with Gasteiger partial charge in [0.1, 0.15) is 6.04 Å². The van der Waals surface area contributed by atoms with Gasteiger partial charge in [-0.3, -0.25) is 14.5 Å². The Labute approximate surface area is 203 Å². The SMILES string of the molecule is COc1ccc(-c2noc(COC(=O)[C@H](CC(C)C)N3C(=O)[C@@H]4CC=CC[C@H]4C3=O)n2)cc1OC. The molecule has 2 aliphatic rings. The zero-order chi connectivity index (χ0) is 25.1. The molecule has 0 N–H and O–H groups in total. The second-order valence-corrected chi connectivity index (χ2v) is 9.04. The Balaban J connectivity index is 1.46. The number of allylic oxidation sites excluding steroid dienone is 2. The minimum absolute atomic E-state index is 0.0639. The topological polar surface area (TPSA) is 121 Å². The Bertz CT molecular complexity index is 1110. The number of fused-ring (bicyclic) bond motifs is 1. The number of nitrogens with zero attached hydrogens (tertiary/aromatic N) is 3. The van der Waals surface area contributed by atoms with Crippen LogP contribution in [-0.2, 0) is 25.7 Å². The van der Waals surface area contributed by atoms with E-state index in [1.807, 2.05) is 26.0 Å². The highest BCUT2D eigenvalue weighted by atomic mass is 16.6. The molecule has 1 fully saturated rings. The number of benzene rings is 1. The van der Waals surface area contributed by atoms with E-state index in [2.05, 4.69) is 10.1 Å². The molecule has 0 bridgehead atoms. The van der Waals surface area contributed by atoms with Gasteiger partial charge in [-0.25, -0.2) is 4.79 Å². The summed E-state index contributed by atoms with van der Waals surface area (Å²) in [6, 6.07) is 4.18. The van der Waals surface area contributed by atoms with E-state index in [4.69, 9.17) is 18.7 Å². The van der Waals surface area contributed by atoms with Crippen LogP contribution < -0.4 is 9.47 Å². The van der Waals surface area contributed by atoms with Crippen LogP contribution in [0.4, 0.5) is 0 Å². The monoisotopic (exact) mass is 483 g/mol. The maximum atomic E-state index is 13.1. The van der Waals surface area contributed by atoms with Gasteiger partial charge in [0.25, 0.3) is 5.89 Å². The molecule has 10 heteroatoms. The van der Waals surface area contributed by atoms with E-state index >= 15 is 0 Å². The predicted octanol–water partition coefficient (Wildman–Crippen LogP) is 3.16. The van der Waals surface area contributed by atoms with Crippen LogP contribution in [0.2, 0.25) is 0 Å². The highest BCUT2D eigenvalue weighted by molar-refractivity contribution is 6.08. The minimum atomic E-state index is -0.992. The summed E-state index contributed by atoms with van der Waals surface area (Å²) in [5.74, 6) is -0.583. The van der Waals surface area contributed by atoms with Crippen molar-refractivity contribution in [1.29, 1.82) is 0 Å². The first-order valence-corrected chi connectivity index (χ1v) is 11.6. The normalized spacial score (nSPS) is 20.2. The van der Waals surface area contributed by atoms with Gasteiger partial charge < -0.3 is 18.7 Å². The lowest BCUT2D eigenvalue weighted by atomic mass is 9.85. The van der Waals surface area contributed by atoms with E-state index in [1.165, 1.54) is 7.11 Å². The predicted molar refractivity (Wildman–Crippen MR) is 123 cm³/mol. The molecule has 35 heavy (non-hydrogen) atoms. The van der Waals surface area contributed by atoms with Crippen LogP contribution in [0.3, 0.4) is 0 Å². The van der Waals surface area contributed by atoms with E-state index in [1.54, 1.807) is 25.3 Å². The van der Waals surface area contributed by atoms with Gasteiger partial charge in [-0.15, -0.1) is 0 Å². The summed E-state index contributed by atoms with van der Waals surface area (Å²) in [4.78, 5) is 44.5. The van der Waals surface area contributed by atoms with Crippen molar-refractivity contribution in [2.75, 3.05) is 14.2 Å². The zero-order valence-electron chi connectivity index (χ0n) is 20.2. The van der Waals surface area contributed by atoms with E-state index in [9.17, 15) is 14.4 Å². The standard InChI is InChI=1S/C25H29N3O7/c1-14(2)11-18(28-23(29)16-7-5-6-8-17(16)24(28)30)25(31)34-13-21-26-22(27-35-21)15-9-10-19(32-3)20(12-15)33-4/h5-6,9-10,12,14,16-18H,7-8,11,13H2,1-4H3/t16-,17-,18+/m1/s1. The lowest BCUT2D eigenvalue weighted by Crippen LogP contribution is -2.47. The molecule has 4 rings (SSSR count). The van der Waals surface area contributed by atoms with Crippen LogP contribution in [0, 0.1) is 17.8 Å². The molecule has 3 atom stereocenters. The molecule has 0 spiro atoms. The molecule has 0 unspecified atom stereocenters. The van der Waals surface area contributed by atoms with Crippen molar-refractivity contribution >= 4 is 17.8 Å². The Morgan fingerprint density at radius 3 is 2.34 bits per heavy atom. The average molecular weight is 484 g/mol. The first kappa shape index (κ1) is 24.4. The number of amides is 2. The lowest BCUT2D eigenvalue weighted by molar-refractivity contribution is -0.161. The molecule has 2 aromatic rings. The number of rotatable bonds is 9. The van der Waals surface area contributed by atoms with Gasteiger partial charge in [0.2, 0.25) is 17.6 Å². The number of carbonyl (C=O) groups is 3. The largest absolute Gasteiger partial charge is 0.493 e. The van der Waals surface area contributed by atoms with Crippen molar-refractivity contribution in [2.45, 2.75) is 45.8 Å². The summed E-state index contributed by atoms with van der Waals surface area (Å²) >= 11 is 0. The number of carbonyl (C=O) groups excluding carboxylic acids is 3. The van der Waals surface area contributed by atoms with Crippen molar-refractivity contribution < 1.29 is 33.1 Å². The maximum absolute atomic E-state index is 13.1. The van der Waals surface area contributed by atoms with Crippen LogP contribution >= 0.6 is 0 Å². The number of aromatic nitrogens is 2. The van der Waals surface area contributed by atoms with Crippen LogP contribution in [0.25, 0.3) is 11.4 Å². The van der Waals surface area contributed by atoms with Gasteiger partial charge >= 0.3 is 5.97 Å². The van der Waals surface area contributed by atoms with Gasteiger partial charge in [-0.05, 0) is 43.4 Å².